The van der Waals surface area contributed by atoms with Crippen molar-refractivity contribution in [2.75, 3.05) is 44.0 Å². The fraction of sp³-hybridized carbons (Fsp3) is 0.912. The molecule has 43 heavy (non-hydrogen) atoms. The molecule has 2 atom stereocenters. The molecule has 1 amide bonds. The van der Waals surface area contributed by atoms with Gasteiger partial charge in [-0.3, -0.25) is 14.4 Å². The van der Waals surface area contributed by atoms with Gasteiger partial charge >= 0.3 is 5.97 Å². The van der Waals surface area contributed by atoms with Crippen LogP contribution in [0.4, 0.5) is 0 Å². The van der Waals surface area contributed by atoms with Gasteiger partial charge in [0.25, 0.3) is 0 Å². The van der Waals surface area contributed by atoms with E-state index in [4.69, 9.17) is 4.74 Å². The summed E-state index contributed by atoms with van der Waals surface area (Å²) in [6.07, 6.45) is 23.0. The third kappa shape index (κ3) is 32.8. The van der Waals surface area contributed by atoms with Crippen LogP contribution in [0.1, 0.15) is 143 Å². The first-order chi connectivity index (χ1) is 20.9. The predicted molar refractivity (Wildman–Crippen MR) is 193 cm³/mol. The molecule has 0 heterocycles. The maximum absolute atomic E-state index is 12.7. The van der Waals surface area contributed by atoms with Crippen molar-refractivity contribution in [1.29, 1.82) is 0 Å². The number of thioether (sulfide) groups is 3. The second-order valence-corrected chi connectivity index (χ2v) is 15.8. The molecule has 9 heteroatoms. The molecule has 2 N–H and O–H groups in total. The van der Waals surface area contributed by atoms with E-state index in [1.165, 1.54) is 109 Å². The van der Waals surface area contributed by atoms with Crippen molar-refractivity contribution in [1.82, 2.24) is 10.6 Å². The molecule has 6 nitrogen and oxygen atoms in total. The van der Waals surface area contributed by atoms with E-state index in [1.54, 1.807) is 11.8 Å². The summed E-state index contributed by atoms with van der Waals surface area (Å²) in [5.41, 5.74) is 0. The summed E-state index contributed by atoms with van der Waals surface area (Å²) < 4.78 is 5.40. The van der Waals surface area contributed by atoms with Gasteiger partial charge in [-0.25, -0.2) is 0 Å². The van der Waals surface area contributed by atoms with Crippen LogP contribution in [0.25, 0.3) is 0 Å². The van der Waals surface area contributed by atoms with E-state index in [0.717, 1.165) is 37.3 Å². The van der Waals surface area contributed by atoms with Gasteiger partial charge < -0.3 is 15.4 Å². The highest BCUT2D eigenvalue weighted by molar-refractivity contribution is 8.13. The Labute approximate surface area is 278 Å². The van der Waals surface area contributed by atoms with Crippen LogP contribution in [-0.4, -0.2) is 71.5 Å². The Morgan fingerprint density at radius 2 is 1.26 bits per heavy atom. The van der Waals surface area contributed by atoms with Gasteiger partial charge in [0.2, 0.25) is 5.91 Å². The van der Waals surface area contributed by atoms with E-state index in [-0.39, 0.29) is 28.7 Å². The summed E-state index contributed by atoms with van der Waals surface area (Å²) in [7, 11) is 1.96. The smallest absolute Gasteiger partial charge is 0.306 e. The molecule has 0 saturated heterocycles. The van der Waals surface area contributed by atoms with Gasteiger partial charge in [-0.05, 0) is 19.9 Å². The first kappa shape index (κ1) is 42.6. The fourth-order valence-electron chi connectivity index (χ4n) is 4.86. The minimum Gasteiger partial charge on any atom is -0.466 e. The highest BCUT2D eigenvalue weighted by Gasteiger charge is 2.19. The quantitative estimate of drug-likeness (QED) is 0.0546. The van der Waals surface area contributed by atoms with Gasteiger partial charge in [0, 0.05) is 54.2 Å². The Bertz CT molecular complexity index is 670. The molecule has 0 aromatic carbocycles. The zero-order chi connectivity index (χ0) is 31.8. The number of amides is 1. The lowest BCUT2D eigenvalue weighted by molar-refractivity contribution is -0.143. The van der Waals surface area contributed by atoms with Crippen LogP contribution < -0.4 is 10.6 Å². The zero-order valence-electron chi connectivity index (χ0n) is 28.2. The molecule has 0 bridgehead atoms. The van der Waals surface area contributed by atoms with Crippen molar-refractivity contribution >= 4 is 52.3 Å². The number of esters is 1. The lowest BCUT2D eigenvalue weighted by Gasteiger charge is -2.20. The van der Waals surface area contributed by atoms with Crippen molar-refractivity contribution in [3.8, 4) is 0 Å². The molecule has 0 aliphatic rings. The molecule has 0 aliphatic carbocycles. The number of carbonyl (C=O) groups excluding carboxylic acids is 3. The molecule has 254 valence electrons. The number of ether oxygens (including phenoxy) is 1. The summed E-state index contributed by atoms with van der Waals surface area (Å²) in [5, 5.41) is 6.82. The van der Waals surface area contributed by atoms with Crippen molar-refractivity contribution in [2.45, 2.75) is 153 Å². The number of unbranched alkanes of at least 4 members (excludes halogenated alkanes) is 15. The van der Waals surface area contributed by atoms with Crippen LogP contribution in [-0.2, 0) is 19.1 Å². The minimum atomic E-state index is -0.197. The van der Waals surface area contributed by atoms with Crippen LogP contribution >= 0.6 is 35.3 Å². The second-order valence-electron chi connectivity index (χ2n) is 11.7. The van der Waals surface area contributed by atoms with Crippen LogP contribution in [0.15, 0.2) is 0 Å². The van der Waals surface area contributed by atoms with E-state index in [0.29, 0.717) is 30.6 Å². The van der Waals surface area contributed by atoms with Crippen LogP contribution in [0.3, 0.4) is 0 Å². The lowest BCUT2D eigenvalue weighted by atomic mass is 10.0. The summed E-state index contributed by atoms with van der Waals surface area (Å²) in [4.78, 5) is 35.9. The number of nitrogens with one attached hydrogen (secondary N) is 2. The number of hydrogen-bond donors (Lipinski definition) is 2. The first-order valence-corrected chi connectivity index (χ1v) is 20.4. The standard InChI is InChI=1S/C34H66N2O4S3/c1-5-6-7-8-9-10-11-12-13-14-15-16-17-18-19-20-24-40-33(38)21-25-43-34(39)29-32(42-27-23-36-31(3)37)28-30(2)41-26-22-35-4/h30,32,35H,5-29H2,1-4H3,(H,36,37). The van der Waals surface area contributed by atoms with Crippen LogP contribution in [0.5, 0.6) is 0 Å². The fourth-order valence-corrected chi connectivity index (χ4v) is 8.25. The Balaban J connectivity index is 3.81. The highest BCUT2D eigenvalue weighted by atomic mass is 32.2. The topological polar surface area (TPSA) is 84.5 Å². The Kier molecular flexibility index (Phi) is 32.7. The summed E-state index contributed by atoms with van der Waals surface area (Å²) in [5.74, 6) is 2.10. The van der Waals surface area contributed by atoms with Crippen molar-refractivity contribution in [3.05, 3.63) is 0 Å². The van der Waals surface area contributed by atoms with E-state index >= 15 is 0 Å². The maximum Gasteiger partial charge on any atom is 0.306 e. The molecule has 0 radical (unpaired) electrons. The average molecular weight is 663 g/mol. The molecule has 0 spiro atoms. The van der Waals surface area contributed by atoms with E-state index in [9.17, 15) is 14.4 Å². The molecular formula is C34H66N2O4S3. The van der Waals surface area contributed by atoms with Gasteiger partial charge in [0.05, 0.1) is 13.0 Å². The highest BCUT2D eigenvalue weighted by Crippen LogP contribution is 2.27. The summed E-state index contributed by atoms with van der Waals surface area (Å²) in [6.45, 7) is 8.10. The molecule has 0 aliphatic heterocycles. The summed E-state index contributed by atoms with van der Waals surface area (Å²) in [6, 6.07) is 0. The monoisotopic (exact) mass is 662 g/mol. The van der Waals surface area contributed by atoms with Crippen molar-refractivity contribution < 1.29 is 19.1 Å². The van der Waals surface area contributed by atoms with Gasteiger partial charge in [-0.15, -0.1) is 0 Å². The van der Waals surface area contributed by atoms with Gasteiger partial charge in [-0.2, -0.15) is 23.5 Å². The predicted octanol–water partition coefficient (Wildman–Crippen LogP) is 8.80. The molecule has 0 aromatic rings. The van der Waals surface area contributed by atoms with E-state index in [1.807, 2.05) is 18.8 Å². The molecule has 0 aromatic heterocycles. The third-order valence-corrected chi connectivity index (χ3v) is 10.8. The van der Waals surface area contributed by atoms with E-state index < -0.39 is 0 Å². The lowest BCUT2D eigenvalue weighted by Crippen LogP contribution is -2.24. The van der Waals surface area contributed by atoms with Gasteiger partial charge in [-0.1, -0.05) is 122 Å². The van der Waals surface area contributed by atoms with E-state index in [2.05, 4.69) is 24.5 Å². The zero-order valence-corrected chi connectivity index (χ0v) is 30.6. The molecular weight excluding hydrogens is 597 g/mol. The SMILES string of the molecule is CCCCCCCCCCCCCCCCCCOC(=O)CCSC(=O)CC(CC(C)SCCNC)SCCNC(C)=O. The number of rotatable bonds is 32. The number of carbonyl (C=O) groups is 3. The second kappa shape index (κ2) is 33.0. The molecule has 0 rings (SSSR count). The van der Waals surface area contributed by atoms with Crippen molar-refractivity contribution in [2.24, 2.45) is 0 Å². The maximum atomic E-state index is 12.7. The van der Waals surface area contributed by atoms with Gasteiger partial charge in [0.15, 0.2) is 5.12 Å². The average Bonchev–Trinajstić information content (AvgIpc) is 2.96. The minimum absolute atomic E-state index is 0.0264. The first-order valence-electron chi connectivity index (χ1n) is 17.3. The third-order valence-electron chi connectivity index (χ3n) is 7.40. The van der Waals surface area contributed by atoms with Crippen LogP contribution in [0, 0.1) is 0 Å². The number of hydrogen-bond acceptors (Lipinski definition) is 8. The largest absolute Gasteiger partial charge is 0.466 e. The summed E-state index contributed by atoms with van der Waals surface area (Å²) >= 11 is 4.93. The Hall–Kier alpha value is -0.380. The van der Waals surface area contributed by atoms with Gasteiger partial charge in [0.1, 0.15) is 0 Å². The Morgan fingerprint density at radius 1 is 0.721 bits per heavy atom. The van der Waals surface area contributed by atoms with Crippen molar-refractivity contribution in [3.63, 3.8) is 0 Å². The normalized spacial score (nSPS) is 12.7. The molecule has 2 unspecified atom stereocenters. The Morgan fingerprint density at radius 3 is 1.79 bits per heavy atom. The molecule has 0 fully saturated rings. The molecule has 0 saturated carbocycles. The van der Waals surface area contributed by atoms with Crippen LogP contribution in [0.2, 0.25) is 0 Å².